The number of nitrogens with zero attached hydrogens (tertiary/aromatic N) is 6. The number of H-pyrrole nitrogens is 2. The average molecular weight is 1820 g/mol. The number of hydrogen-bond donors (Lipinski definition) is 9. The van der Waals surface area contributed by atoms with E-state index in [0.717, 1.165) is 34.6 Å². The molecule has 0 saturated carbocycles. The first-order valence-corrected chi connectivity index (χ1v) is 38.2. The van der Waals surface area contributed by atoms with Crippen molar-refractivity contribution < 1.29 is 90.5 Å². The first kappa shape index (κ1) is 103. The van der Waals surface area contributed by atoms with Gasteiger partial charge in [-0.25, -0.2) is 37.5 Å². The lowest BCUT2D eigenvalue weighted by molar-refractivity contribution is -0.384. The molecule has 0 bridgehead atoms. The van der Waals surface area contributed by atoms with Gasteiger partial charge in [-0.3, -0.25) is 49.1 Å². The van der Waals surface area contributed by atoms with E-state index in [-0.39, 0.29) is 114 Å². The predicted molar refractivity (Wildman–Crippen MR) is 456 cm³/mol. The largest absolute Gasteiger partial charge is 0.508 e. The first-order valence-electron chi connectivity index (χ1n) is 36.3. The summed E-state index contributed by atoms with van der Waals surface area (Å²) in [7, 11) is 4.97. The molecular weight excluding hydrogens is 1730 g/mol. The second kappa shape index (κ2) is 48.6. The fourth-order valence-corrected chi connectivity index (χ4v) is 9.98. The number of fused-ring (bicyclic) bond motifs is 2. The van der Waals surface area contributed by atoms with Crippen molar-refractivity contribution in [3.8, 4) is 28.7 Å². The lowest BCUT2D eigenvalue weighted by atomic mass is 10.2. The fourth-order valence-electron chi connectivity index (χ4n) is 9.41. The monoisotopic (exact) mass is 1820 g/mol. The summed E-state index contributed by atoms with van der Waals surface area (Å²) in [4.78, 5) is 129. The fraction of sp³-hybridized carbons (Fsp3) is 0.385. The highest BCUT2D eigenvalue weighted by Gasteiger charge is 2.22. The van der Waals surface area contributed by atoms with Crippen LogP contribution < -0.4 is 67.8 Å². The van der Waals surface area contributed by atoms with E-state index < -0.39 is 78.6 Å². The number of nitro benzene ring substituents is 3. The molecule has 9 N–H and O–H groups in total. The van der Waals surface area contributed by atoms with E-state index in [1.165, 1.54) is 74.5 Å². The maximum atomic E-state index is 13.4. The molecule has 3 aromatic heterocycles. The summed E-state index contributed by atoms with van der Waals surface area (Å²) in [6, 6.07) is 29.0. The number of alkyl carbamates (subject to hydrolysis) is 4. The van der Waals surface area contributed by atoms with E-state index in [1.807, 2.05) is 26.8 Å². The number of phenols is 1. The van der Waals surface area contributed by atoms with Gasteiger partial charge in [0.2, 0.25) is 0 Å². The number of pyridine rings is 1. The molecule has 5 amide bonds. The number of amides is 5. The topological polar surface area (TPSA) is 479 Å². The van der Waals surface area contributed by atoms with Crippen LogP contribution in [0.1, 0.15) is 99.0 Å². The van der Waals surface area contributed by atoms with Crippen molar-refractivity contribution in [3.63, 3.8) is 0 Å². The van der Waals surface area contributed by atoms with Gasteiger partial charge < -0.3 is 89.4 Å². The number of carbonyl (C=O) groups is 5. The Morgan fingerprint density at radius 3 is 1.26 bits per heavy atom. The van der Waals surface area contributed by atoms with Gasteiger partial charge >= 0.3 is 35.8 Å². The summed E-state index contributed by atoms with van der Waals surface area (Å²) in [6.07, 6.45) is -0.454. The van der Waals surface area contributed by atoms with Crippen LogP contribution in [0.3, 0.4) is 0 Å². The molecule has 0 spiro atoms. The van der Waals surface area contributed by atoms with Crippen LogP contribution in [0, 0.1) is 42.0 Å². The van der Waals surface area contributed by atoms with Crippen LogP contribution in [0.5, 0.6) is 28.7 Å². The van der Waals surface area contributed by atoms with Crippen molar-refractivity contribution in [2.75, 3.05) is 76.8 Å². The van der Waals surface area contributed by atoms with Gasteiger partial charge in [0.1, 0.15) is 98.9 Å². The molecular formula is C78H98BrCl3F2N14O23. The average Bonchev–Trinajstić information content (AvgIpc) is 1.68. The van der Waals surface area contributed by atoms with Gasteiger partial charge in [0, 0.05) is 51.3 Å². The van der Waals surface area contributed by atoms with Gasteiger partial charge in [0.05, 0.1) is 87.8 Å². The van der Waals surface area contributed by atoms with Crippen LogP contribution in [-0.2, 0) is 39.6 Å². The summed E-state index contributed by atoms with van der Waals surface area (Å²) in [5.41, 5.74) is 0.0215. The van der Waals surface area contributed by atoms with Gasteiger partial charge in [0.15, 0.2) is 11.6 Å². The summed E-state index contributed by atoms with van der Waals surface area (Å²) < 4.78 is 72.8. The van der Waals surface area contributed by atoms with E-state index in [4.69, 9.17) is 66.2 Å². The van der Waals surface area contributed by atoms with Gasteiger partial charge in [-0.15, -0.1) is 12.4 Å². The summed E-state index contributed by atoms with van der Waals surface area (Å²) >= 11 is 14.3. The number of aromatic nitrogens is 5. The van der Waals surface area contributed by atoms with Crippen molar-refractivity contribution in [3.05, 3.63) is 222 Å². The summed E-state index contributed by atoms with van der Waals surface area (Å²) in [5.74, 6) is -0.917. The lowest BCUT2D eigenvalue weighted by Crippen LogP contribution is -2.34. The molecule has 0 aliphatic heterocycles. The number of alkyl halides is 1. The lowest BCUT2D eigenvalue weighted by Gasteiger charge is -2.19. The Balaban J connectivity index is 0.000000389. The Morgan fingerprint density at radius 1 is 0.496 bits per heavy atom. The normalized spacial score (nSPS) is 10.8. The minimum Gasteiger partial charge on any atom is -0.508 e. The van der Waals surface area contributed by atoms with Gasteiger partial charge in [-0.2, -0.15) is 0 Å². The maximum absolute atomic E-state index is 13.4. The molecule has 0 fully saturated rings. The van der Waals surface area contributed by atoms with Gasteiger partial charge in [0.25, 0.3) is 28.5 Å². The molecule has 0 unspecified atom stereocenters. The number of benzene rings is 6. The van der Waals surface area contributed by atoms with Crippen molar-refractivity contribution in [1.82, 2.24) is 50.3 Å². The number of rotatable bonds is 25. The Kier molecular flexibility index (Phi) is 41.3. The van der Waals surface area contributed by atoms with Crippen LogP contribution in [0.15, 0.2) is 142 Å². The quantitative estimate of drug-likeness (QED) is 0.00843. The van der Waals surface area contributed by atoms with Crippen molar-refractivity contribution >= 4 is 127 Å². The van der Waals surface area contributed by atoms with Gasteiger partial charge in [-0.1, -0.05) is 45.2 Å². The summed E-state index contributed by atoms with van der Waals surface area (Å²) in [5, 5.41) is 57.0. The SMILES string of the molecule is CC(C)(C)OC(=O)NCCBr.CC(C)(C)OC(=O)NCCOc1ccc(Cl)c([N+](=O)[O-])c1.CNc1ccc(OCCNC(=O)OC(C)(C)C)cc1[N+](=O)[O-].Cl.Cn1c(=O)[nH]c2cc(OCCNC(=O)OC(C)(C)C)ccc21.Cn1c(=O)[nH]c2cc(OCCNC(=O)c3cccn(Cc4ccc(F)c(F)c4)c3=O)ccc21.O=[N+]([O-])c1cc(O)ccc1Cl. The number of carbonyl (C=O) groups excluding carboxylic acids is 5. The van der Waals surface area contributed by atoms with Gasteiger partial charge in [-0.05, 0) is 174 Å². The number of nitro groups is 3. The highest BCUT2D eigenvalue weighted by molar-refractivity contribution is 9.09. The molecule has 0 aliphatic rings. The molecule has 0 saturated heterocycles. The van der Waals surface area contributed by atoms with E-state index in [1.54, 1.807) is 126 Å². The zero-order valence-electron chi connectivity index (χ0n) is 68.8. The maximum Gasteiger partial charge on any atom is 0.407 e. The Labute approximate surface area is 717 Å². The number of aryl methyl sites for hydroxylation is 2. The van der Waals surface area contributed by atoms with Crippen LogP contribution in [0.25, 0.3) is 22.1 Å². The Morgan fingerprint density at radius 2 is 0.868 bits per heavy atom. The standard InChI is InChI=1S/C23H20F2N4O4.C15H21N3O4.C14H21N3O5.C13H17ClN2O5.C7H14BrNO2.C6H4ClNO3.ClH/c1-28-20-7-5-15(12-19(20)27-23(28)32)33-10-8-26-21(30)16-3-2-9-29(22(16)31)13-14-4-6-17(24)18(25)11-14;1-15(2,3)22-14(20)16-7-8-21-10-5-6-12-11(9-10)17-13(19)18(12)4;1-14(2,3)22-13(18)16-7-8-21-10-5-6-11(15-4)12(9-10)17(19)20;1-13(2,3)21-12(17)15-6-7-20-9-4-5-10(14)11(8-9)16(18)19;1-7(2,3)11-6(10)9-5-4-8;7-5-2-1-4(9)3-6(5)8(10)11;/h2-7,9,11-12H,8,10,13H2,1H3,(H,26,30)(H,27,32);5-6,9H,7-8H2,1-4H3,(H,16,20)(H,17,19);5-6,9,15H,7-8H2,1-4H3,(H,16,18);4-5,8H,6-7H2,1-3H3,(H,15,17);4-5H2,1-3H3,(H,9,10);1-3,9H;1H. The third-order valence-corrected chi connectivity index (χ3v) is 15.6. The molecule has 37 nitrogen and oxygen atoms in total. The molecule has 0 aliphatic carbocycles. The molecule has 9 rings (SSSR count). The van der Waals surface area contributed by atoms with E-state index in [0.29, 0.717) is 65.0 Å². The number of phenolic OH excluding ortho intramolecular Hbond substituents is 1. The predicted octanol–water partition coefficient (Wildman–Crippen LogP) is 13.9. The van der Waals surface area contributed by atoms with Crippen molar-refractivity contribution in [1.29, 1.82) is 0 Å². The molecule has 3 heterocycles. The highest BCUT2D eigenvalue weighted by atomic mass is 79.9. The molecule has 43 heteroatoms. The van der Waals surface area contributed by atoms with Crippen LogP contribution in [-0.4, -0.2) is 168 Å². The molecule has 660 valence electrons. The third-order valence-electron chi connectivity index (χ3n) is 14.6. The number of hydrogen-bond acceptors (Lipinski definition) is 24. The van der Waals surface area contributed by atoms with Crippen LogP contribution in [0.2, 0.25) is 10.0 Å². The minimum atomic E-state index is -1.01. The number of halogens is 6. The number of anilines is 1. The molecule has 121 heavy (non-hydrogen) atoms. The van der Waals surface area contributed by atoms with E-state index in [2.05, 4.69) is 57.8 Å². The first-order chi connectivity index (χ1) is 56.1. The van der Waals surface area contributed by atoms with E-state index >= 15 is 0 Å². The van der Waals surface area contributed by atoms with Crippen LogP contribution >= 0.6 is 51.5 Å². The minimum absolute atomic E-state index is 0. The molecule has 0 atom stereocenters. The third kappa shape index (κ3) is 38.0. The van der Waals surface area contributed by atoms with E-state index in [9.17, 15) is 77.5 Å². The van der Waals surface area contributed by atoms with Crippen molar-refractivity contribution in [2.45, 2.75) is 112 Å². The van der Waals surface area contributed by atoms with Crippen LogP contribution in [0.4, 0.5) is 50.7 Å². The second-order valence-electron chi connectivity index (χ2n) is 28.9. The Bertz CT molecular complexity index is 5190. The smallest absolute Gasteiger partial charge is 0.407 e. The number of ether oxygens (including phenoxy) is 8. The number of aromatic hydroxyl groups is 1. The number of nitrogens with one attached hydrogen (secondary N) is 8. The number of imidazole rings is 2. The molecule has 9 aromatic rings. The number of aromatic amines is 2. The molecule has 0 radical (unpaired) electrons. The van der Waals surface area contributed by atoms with Crippen molar-refractivity contribution in [2.24, 2.45) is 14.1 Å². The molecule has 6 aromatic carbocycles. The zero-order valence-corrected chi connectivity index (χ0v) is 72.7. The second-order valence-corrected chi connectivity index (χ2v) is 30.5. The summed E-state index contributed by atoms with van der Waals surface area (Å²) in [6.45, 7) is 23.8. The zero-order chi connectivity index (χ0) is 90.0. The highest BCUT2D eigenvalue weighted by Crippen LogP contribution is 2.31. The Hall–Kier alpha value is -12.4.